The van der Waals surface area contributed by atoms with Crippen molar-refractivity contribution in [3.63, 3.8) is 0 Å². The summed E-state index contributed by atoms with van der Waals surface area (Å²) >= 11 is 5.86. The first-order valence-corrected chi connectivity index (χ1v) is 5.57. The van der Waals surface area contributed by atoms with Crippen LogP contribution in [-0.4, -0.2) is 11.2 Å². The van der Waals surface area contributed by atoms with Gasteiger partial charge in [-0.3, -0.25) is 0 Å². The van der Waals surface area contributed by atoms with Gasteiger partial charge in [-0.1, -0.05) is 37.6 Å². The Morgan fingerprint density at radius 1 is 1.40 bits per heavy atom. The molecule has 0 heterocycles. The first-order valence-electron chi connectivity index (χ1n) is 5.20. The molecule has 2 nitrogen and oxygen atoms in total. The highest BCUT2D eigenvalue weighted by Gasteiger charge is 2.17. The molecule has 15 heavy (non-hydrogen) atoms. The summed E-state index contributed by atoms with van der Waals surface area (Å²) in [4.78, 5) is 0. The van der Waals surface area contributed by atoms with Crippen LogP contribution in [0.4, 0.5) is 0 Å². The topological polar surface area (TPSA) is 46.2 Å². The summed E-state index contributed by atoms with van der Waals surface area (Å²) in [6, 6.07) is 6.98. The minimum atomic E-state index is -0.511. The lowest BCUT2D eigenvalue weighted by Crippen LogP contribution is -2.27. The molecule has 0 aliphatic carbocycles. The van der Waals surface area contributed by atoms with Crippen molar-refractivity contribution < 1.29 is 5.11 Å². The Hall–Kier alpha value is -0.570. The monoisotopic (exact) mass is 227 g/mol. The highest BCUT2D eigenvalue weighted by atomic mass is 35.5. The van der Waals surface area contributed by atoms with Gasteiger partial charge in [0.2, 0.25) is 0 Å². The molecule has 0 aliphatic heterocycles. The van der Waals surface area contributed by atoms with E-state index in [-0.39, 0.29) is 6.04 Å². The molecule has 0 unspecified atom stereocenters. The van der Waals surface area contributed by atoms with Gasteiger partial charge in [0.05, 0.1) is 12.1 Å². The smallest absolute Gasteiger partial charge is 0.0735 e. The van der Waals surface area contributed by atoms with Crippen LogP contribution in [0.2, 0.25) is 5.02 Å². The number of halogens is 1. The van der Waals surface area contributed by atoms with E-state index in [2.05, 4.69) is 13.8 Å². The molecule has 0 saturated heterocycles. The molecule has 0 fully saturated rings. The number of nitrogens with two attached hydrogens (primary N) is 1. The highest BCUT2D eigenvalue weighted by molar-refractivity contribution is 6.30. The maximum Gasteiger partial charge on any atom is 0.0735 e. The molecule has 0 bridgehead atoms. The third kappa shape index (κ3) is 3.82. The quantitative estimate of drug-likeness (QED) is 0.831. The van der Waals surface area contributed by atoms with Gasteiger partial charge >= 0.3 is 0 Å². The lowest BCUT2D eigenvalue weighted by Gasteiger charge is -2.20. The SMILES string of the molecule is CC(C)C[C@@H](O)[C@@H](N)c1cccc(Cl)c1. The van der Waals surface area contributed by atoms with Crippen LogP contribution in [0.5, 0.6) is 0 Å². The van der Waals surface area contributed by atoms with E-state index in [1.54, 1.807) is 12.1 Å². The van der Waals surface area contributed by atoms with Crippen LogP contribution in [0.3, 0.4) is 0 Å². The highest BCUT2D eigenvalue weighted by Crippen LogP contribution is 2.21. The average Bonchev–Trinajstić information content (AvgIpc) is 2.15. The Balaban J connectivity index is 2.71. The van der Waals surface area contributed by atoms with E-state index < -0.39 is 6.10 Å². The largest absolute Gasteiger partial charge is 0.391 e. The van der Waals surface area contributed by atoms with Gasteiger partial charge in [-0.05, 0) is 30.0 Å². The van der Waals surface area contributed by atoms with Crippen molar-refractivity contribution in [3.05, 3.63) is 34.9 Å². The van der Waals surface area contributed by atoms with Gasteiger partial charge in [-0.2, -0.15) is 0 Å². The summed E-state index contributed by atoms with van der Waals surface area (Å²) in [5.41, 5.74) is 6.83. The van der Waals surface area contributed by atoms with Crippen molar-refractivity contribution in [1.82, 2.24) is 0 Å². The van der Waals surface area contributed by atoms with Crippen molar-refractivity contribution in [2.75, 3.05) is 0 Å². The summed E-state index contributed by atoms with van der Waals surface area (Å²) in [6.07, 6.45) is 0.191. The second-order valence-electron chi connectivity index (χ2n) is 4.28. The molecular weight excluding hydrogens is 210 g/mol. The molecule has 2 atom stereocenters. The predicted octanol–water partition coefficient (Wildman–Crippen LogP) is 2.75. The Morgan fingerprint density at radius 2 is 2.07 bits per heavy atom. The van der Waals surface area contributed by atoms with E-state index in [0.29, 0.717) is 17.4 Å². The van der Waals surface area contributed by atoms with Gasteiger partial charge in [-0.25, -0.2) is 0 Å². The fourth-order valence-electron chi connectivity index (χ4n) is 1.57. The third-order valence-electron chi connectivity index (χ3n) is 2.36. The van der Waals surface area contributed by atoms with E-state index in [1.807, 2.05) is 12.1 Å². The van der Waals surface area contributed by atoms with Crippen LogP contribution in [0, 0.1) is 5.92 Å². The van der Waals surface area contributed by atoms with Gasteiger partial charge < -0.3 is 10.8 Å². The number of aliphatic hydroxyl groups excluding tert-OH is 1. The average molecular weight is 228 g/mol. The van der Waals surface area contributed by atoms with E-state index in [9.17, 15) is 5.11 Å². The summed E-state index contributed by atoms with van der Waals surface area (Å²) in [7, 11) is 0. The van der Waals surface area contributed by atoms with Gasteiger partial charge in [0.1, 0.15) is 0 Å². The second kappa shape index (κ2) is 5.50. The molecule has 1 aromatic carbocycles. The fourth-order valence-corrected chi connectivity index (χ4v) is 1.76. The number of hydrogen-bond acceptors (Lipinski definition) is 2. The van der Waals surface area contributed by atoms with Crippen LogP contribution >= 0.6 is 11.6 Å². The van der Waals surface area contributed by atoms with Gasteiger partial charge in [-0.15, -0.1) is 0 Å². The lowest BCUT2D eigenvalue weighted by atomic mass is 9.95. The molecule has 1 aromatic rings. The molecule has 0 radical (unpaired) electrons. The molecule has 0 aliphatic rings. The number of benzene rings is 1. The molecule has 3 N–H and O–H groups in total. The van der Waals surface area contributed by atoms with Crippen LogP contribution in [-0.2, 0) is 0 Å². The zero-order valence-electron chi connectivity index (χ0n) is 9.15. The first-order chi connectivity index (χ1) is 7.00. The first kappa shape index (κ1) is 12.5. The van der Waals surface area contributed by atoms with Crippen molar-refractivity contribution in [2.45, 2.75) is 32.4 Å². The zero-order valence-corrected chi connectivity index (χ0v) is 9.91. The maximum absolute atomic E-state index is 9.86. The summed E-state index contributed by atoms with van der Waals surface area (Å²) in [5.74, 6) is 0.435. The maximum atomic E-state index is 9.86. The van der Waals surface area contributed by atoms with Gasteiger partial charge in [0.25, 0.3) is 0 Å². The predicted molar refractivity (Wildman–Crippen MR) is 63.8 cm³/mol. The summed E-state index contributed by atoms with van der Waals surface area (Å²) in [5, 5.41) is 10.5. The number of rotatable bonds is 4. The minimum Gasteiger partial charge on any atom is -0.391 e. The Kier molecular flexibility index (Phi) is 4.58. The standard InChI is InChI=1S/C12H18ClNO/c1-8(2)6-11(15)12(14)9-4-3-5-10(13)7-9/h3-5,7-8,11-12,15H,6,14H2,1-2H3/t11-,12+/m1/s1. The van der Waals surface area contributed by atoms with Gasteiger partial charge in [0.15, 0.2) is 0 Å². The van der Waals surface area contributed by atoms with Crippen molar-refractivity contribution >= 4 is 11.6 Å². The molecule has 0 saturated carbocycles. The molecule has 3 heteroatoms. The molecule has 84 valence electrons. The lowest BCUT2D eigenvalue weighted by molar-refractivity contribution is 0.121. The minimum absolute atomic E-state index is 0.355. The molecule has 0 aromatic heterocycles. The number of hydrogen-bond donors (Lipinski definition) is 2. The van der Waals surface area contributed by atoms with Crippen molar-refractivity contribution in [1.29, 1.82) is 0 Å². The normalized spacial score (nSPS) is 15.3. The van der Waals surface area contributed by atoms with Crippen LogP contribution < -0.4 is 5.73 Å². The Morgan fingerprint density at radius 3 is 2.60 bits per heavy atom. The second-order valence-corrected chi connectivity index (χ2v) is 4.71. The third-order valence-corrected chi connectivity index (χ3v) is 2.60. The summed E-state index contributed by atoms with van der Waals surface area (Å²) < 4.78 is 0. The Bertz CT molecular complexity index is 314. The fraction of sp³-hybridized carbons (Fsp3) is 0.500. The van der Waals surface area contributed by atoms with Gasteiger partial charge in [0, 0.05) is 5.02 Å². The van der Waals surface area contributed by atoms with Crippen molar-refractivity contribution in [2.24, 2.45) is 11.7 Å². The number of aliphatic hydroxyl groups is 1. The summed E-state index contributed by atoms with van der Waals surface area (Å²) in [6.45, 7) is 4.13. The van der Waals surface area contributed by atoms with Crippen LogP contribution in [0.15, 0.2) is 24.3 Å². The molecule has 1 rings (SSSR count). The Labute approximate surface area is 96.1 Å². The van der Waals surface area contributed by atoms with Crippen LogP contribution in [0.1, 0.15) is 31.9 Å². The molecule has 0 spiro atoms. The molecule has 0 amide bonds. The van der Waals surface area contributed by atoms with E-state index in [4.69, 9.17) is 17.3 Å². The van der Waals surface area contributed by atoms with E-state index in [1.165, 1.54) is 0 Å². The van der Waals surface area contributed by atoms with Crippen molar-refractivity contribution in [3.8, 4) is 0 Å². The zero-order chi connectivity index (χ0) is 11.4. The van der Waals surface area contributed by atoms with Crippen LogP contribution in [0.25, 0.3) is 0 Å². The van der Waals surface area contributed by atoms with E-state index in [0.717, 1.165) is 5.56 Å². The molecular formula is C12H18ClNO. The van der Waals surface area contributed by atoms with E-state index >= 15 is 0 Å².